The van der Waals surface area contributed by atoms with Gasteiger partial charge in [-0.1, -0.05) is 32.0 Å². The first-order chi connectivity index (χ1) is 13.1. The van der Waals surface area contributed by atoms with E-state index in [2.05, 4.69) is 24.8 Å². The second kappa shape index (κ2) is 7.39. The number of anilines is 1. The van der Waals surface area contributed by atoms with Gasteiger partial charge in [0.1, 0.15) is 0 Å². The van der Waals surface area contributed by atoms with Crippen molar-refractivity contribution in [2.24, 2.45) is 0 Å². The monoisotopic (exact) mass is 378 g/mol. The van der Waals surface area contributed by atoms with Crippen molar-refractivity contribution in [3.63, 3.8) is 0 Å². The predicted molar refractivity (Wildman–Crippen MR) is 116 cm³/mol. The van der Waals surface area contributed by atoms with Gasteiger partial charge >= 0.3 is 0 Å². The average molecular weight is 379 g/mol. The topological polar surface area (TPSA) is 52.9 Å². The third kappa shape index (κ3) is 3.36. The SMILES string of the molecule is Cc1cccc(-c2nc(N3CCCCC3)c3sc(C(C)C)cc3n2)c1C=N. The molecule has 2 aromatic heterocycles. The lowest BCUT2D eigenvalue weighted by atomic mass is 10.0. The number of aromatic nitrogens is 2. The lowest BCUT2D eigenvalue weighted by molar-refractivity contribution is 0.575. The molecule has 1 aliphatic rings. The van der Waals surface area contributed by atoms with Crippen LogP contribution in [0.5, 0.6) is 0 Å². The Bertz CT molecular complexity index is 983. The third-order valence-corrected chi connectivity index (χ3v) is 6.73. The van der Waals surface area contributed by atoms with Gasteiger partial charge < -0.3 is 10.3 Å². The van der Waals surface area contributed by atoms with Crippen molar-refractivity contribution < 1.29 is 0 Å². The fourth-order valence-corrected chi connectivity index (χ4v) is 4.84. The molecule has 1 aliphatic heterocycles. The van der Waals surface area contributed by atoms with Crippen LogP contribution in [0.4, 0.5) is 5.82 Å². The van der Waals surface area contributed by atoms with E-state index >= 15 is 0 Å². The molecule has 1 fully saturated rings. The van der Waals surface area contributed by atoms with Crippen LogP contribution in [-0.4, -0.2) is 29.3 Å². The fraction of sp³-hybridized carbons (Fsp3) is 0.409. The molecule has 4 nitrogen and oxygen atoms in total. The molecule has 0 atom stereocenters. The lowest BCUT2D eigenvalue weighted by Crippen LogP contribution is -2.30. The van der Waals surface area contributed by atoms with Crippen LogP contribution in [0.1, 0.15) is 55.0 Å². The largest absolute Gasteiger partial charge is 0.355 e. The molecule has 1 N–H and O–H groups in total. The Labute approximate surface area is 164 Å². The van der Waals surface area contributed by atoms with Crippen LogP contribution < -0.4 is 4.90 Å². The molecule has 27 heavy (non-hydrogen) atoms. The second-order valence-electron chi connectivity index (χ2n) is 7.62. The second-order valence-corrected chi connectivity index (χ2v) is 8.70. The summed E-state index contributed by atoms with van der Waals surface area (Å²) >= 11 is 1.83. The minimum atomic E-state index is 0.484. The third-order valence-electron chi connectivity index (χ3n) is 5.31. The van der Waals surface area contributed by atoms with Crippen LogP contribution in [0.25, 0.3) is 21.6 Å². The minimum Gasteiger partial charge on any atom is -0.355 e. The molecule has 3 aromatic rings. The summed E-state index contributed by atoms with van der Waals surface area (Å²) in [6.07, 6.45) is 5.17. The summed E-state index contributed by atoms with van der Waals surface area (Å²) < 4.78 is 1.20. The van der Waals surface area contributed by atoms with Gasteiger partial charge in [-0.05, 0) is 43.7 Å². The smallest absolute Gasteiger partial charge is 0.162 e. The van der Waals surface area contributed by atoms with Crippen molar-refractivity contribution in [1.82, 2.24) is 9.97 Å². The summed E-state index contributed by atoms with van der Waals surface area (Å²) in [7, 11) is 0. The molecule has 3 heterocycles. The van der Waals surface area contributed by atoms with Crippen LogP contribution in [-0.2, 0) is 0 Å². The Kier molecular flexibility index (Phi) is 4.96. The maximum atomic E-state index is 7.86. The van der Waals surface area contributed by atoms with Gasteiger partial charge in [0, 0.05) is 35.3 Å². The lowest BCUT2D eigenvalue weighted by Gasteiger charge is -2.28. The molecule has 4 rings (SSSR count). The number of fused-ring (bicyclic) bond motifs is 1. The summed E-state index contributed by atoms with van der Waals surface area (Å²) in [6, 6.07) is 8.32. The number of rotatable bonds is 4. The minimum absolute atomic E-state index is 0.484. The number of hydrogen-bond donors (Lipinski definition) is 1. The van der Waals surface area contributed by atoms with E-state index in [1.807, 2.05) is 36.5 Å². The number of aryl methyl sites for hydroxylation is 1. The molecule has 5 heteroatoms. The molecule has 0 unspecified atom stereocenters. The highest BCUT2D eigenvalue weighted by Gasteiger charge is 2.21. The number of nitrogens with zero attached hydrogens (tertiary/aromatic N) is 3. The van der Waals surface area contributed by atoms with Crippen LogP contribution in [0, 0.1) is 12.3 Å². The molecule has 0 saturated carbocycles. The van der Waals surface area contributed by atoms with Crippen molar-refractivity contribution in [3.05, 3.63) is 40.3 Å². The summed E-state index contributed by atoms with van der Waals surface area (Å²) in [6.45, 7) is 8.62. The van der Waals surface area contributed by atoms with Gasteiger partial charge in [0.15, 0.2) is 11.6 Å². The zero-order chi connectivity index (χ0) is 19.0. The van der Waals surface area contributed by atoms with Crippen LogP contribution >= 0.6 is 11.3 Å². The van der Waals surface area contributed by atoms with Crippen molar-refractivity contribution in [2.75, 3.05) is 18.0 Å². The van der Waals surface area contributed by atoms with Crippen LogP contribution in [0.15, 0.2) is 24.3 Å². The molecule has 140 valence electrons. The fourth-order valence-electron chi connectivity index (χ4n) is 3.73. The van der Waals surface area contributed by atoms with E-state index in [-0.39, 0.29) is 0 Å². The number of piperidine rings is 1. The van der Waals surface area contributed by atoms with E-state index in [1.54, 1.807) is 0 Å². The Balaban J connectivity index is 1.94. The van der Waals surface area contributed by atoms with E-state index in [4.69, 9.17) is 15.4 Å². The van der Waals surface area contributed by atoms with Crippen molar-refractivity contribution >= 4 is 33.6 Å². The van der Waals surface area contributed by atoms with Crippen LogP contribution in [0.2, 0.25) is 0 Å². The van der Waals surface area contributed by atoms with Gasteiger partial charge in [0.2, 0.25) is 0 Å². The molecule has 0 radical (unpaired) electrons. The highest BCUT2D eigenvalue weighted by Crippen LogP contribution is 2.38. The first-order valence-electron chi connectivity index (χ1n) is 9.75. The summed E-state index contributed by atoms with van der Waals surface area (Å²) in [5.41, 5.74) is 3.97. The maximum Gasteiger partial charge on any atom is 0.162 e. The summed E-state index contributed by atoms with van der Waals surface area (Å²) in [5, 5.41) is 7.86. The summed E-state index contributed by atoms with van der Waals surface area (Å²) in [4.78, 5) is 13.7. The first-order valence-corrected chi connectivity index (χ1v) is 10.6. The van der Waals surface area contributed by atoms with Gasteiger partial charge in [-0.15, -0.1) is 11.3 Å². The molecule has 0 spiro atoms. The predicted octanol–water partition coefficient (Wildman–Crippen LogP) is 5.78. The van der Waals surface area contributed by atoms with Gasteiger partial charge in [0.05, 0.1) is 10.2 Å². The normalized spacial score (nSPS) is 14.9. The number of nitrogens with one attached hydrogen (secondary N) is 1. The van der Waals surface area contributed by atoms with E-state index < -0.39 is 0 Å². The molecular weight excluding hydrogens is 352 g/mol. The van der Waals surface area contributed by atoms with E-state index in [1.165, 1.54) is 35.1 Å². The molecule has 1 saturated heterocycles. The van der Waals surface area contributed by atoms with Crippen molar-refractivity contribution in [3.8, 4) is 11.4 Å². The molecular formula is C22H26N4S. The van der Waals surface area contributed by atoms with Crippen LogP contribution in [0.3, 0.4) is 0 Å². The number of hydrogen-bond acceptors (Lipinski definition) is 5. The molecule has 0 amide bonds. The van der Waals surface area contributed by atoms with E-state index in [9.17, 15) is 0 Å². The van der Waals surface area contributed by atoms with Crippen molar-refractivity contribution in [2.45, 2.75) is 46.0 Å². The highest BCUT2D eigenvalue weighted by atomic mass is 32.1. The van der Waals surface area contributed by atoms with Crippen molar-refractivity contribution in [1.29, 1.82) is 5.41 Å². The maximum absolute atomic E-state index is 7.86. The van der Waals surface area contributed by atoms with Gasteiger partial charge in [-0.3, -0.25) is 0 Å². The number of benzene rings is 1. The first kappa shape index (κ1) is 18.1. The average Bonchev–Trinajstić information content (AvgIpc) is 3.12. The quantitative estimate of drug-likeness (QED) is 0.586. The summed E-state index contributed by atoms with van der Waals surface area (Å²) in [5.74, 6) is 2.29. The van der Waals surface area contributed by atoms with Gasteiger partial charge in [0.25, 0.3) is 0 Å². The standard InChI is InChI=1S/C22H26N4S/c1-14(2)19-12-18-20(27-19)22(26-10-5-4-6-11-26)25-21(24-18)16-9-7-8-15(3)17(16)13-23/h7-9,12-14,23H,4-6,10-11H2,1-3H3. The highest BCUT2D eigenvalue weighted by molar-refractivity contribution is 7.19. The number of thiophene rings is 1. The van der Waals surface area contributed by atoms with E-state index in [0.29, 0.717) is 5.92 Å². The Morgan fingerprint density at radius 2 is 1.93 bits per heavy atom. The molecule has 0 aliphatic carbocycles. The Morgan fingerprint density at radius 1 is 1.15 bits per heavy atom. The van der Waals surface area contributed by atoms with E-state index in [0.717, 1.165) is 46.9 Å². The van der Waals surface area contributed by atoms with Gasteiger partial charge in [-0.25, -0.2) is 9.97 Å². The molecule has 1 aromatic carbocycles. The Hall–Kier alpha value is -2.27. The zero-order valence-corrected chi connectivity index (χ0v) is 17.1. The Morgan fingerprint density at radius 3 is 2.63 bits per heavy atom. The van der Waals surface area contributed by atoms with Gasteiger partial charge in [-0.2, -0.15) is 0 Å². The molecule has 0 bridgehead atoms. The zero-order valence-electron chi connectivity index (χ0n) is 16.2.